The third kappa shape index (κ3) is 2.02. The van der Waals surface area contributed by atoms with E-state index < -0.39 is 0 Å². The molecule has 1 atom stereocenters. The Bertz CT molecular complexity index is 247. The Morgan fingerprint density at radius 2 is 2.08 bits per heavy atom. The molecule has 1 nitrogen and oxygen atoms in total. The van der Waals surface area contributed by atoms with E-state index in [0.29, 0.717) is 12.5 Å². The molecule has 0 aliphatic carbocycles. The molecule has 1 rings (SSSR count). The first kappa shape index (κ1) is 9.62. The van der Waals surface area contributed by atoms with Gasteiger partial charge in [0.15, 0.2) is 0 Å². The maximum atomic E-state index is 5.62. The topological polar surface area (TPSA) is 26.0 Å². The highest BCUT2D eigenvalue weighted by Gasteiger charge is 2.06. The SMILES string of the molecule is CC(CS)c1ccccc1CN. The zero-order valence-corrected chi connectivity index (χ0v) is 8.22. The Hall–Kier alpha value is -0.470. The Kier molecular flexibility index (Phi) is 3.63. The van der Waals surface area contributed by atoms with Crippen molar-refractivity contribution in [1.29, 1.82) is 0 Å². The second-order valence-electron chi connectivity index (χ2n) is 2.99. The molecule has 0 amide bonds. The van der Waals surface area contributed by atoms with Crippen molar-refractivity contribution in [1.82, 2.24) is 0 Å². The predicted molar refractivity (Wildman–Crippen MR) is 56.6 cm³/mol. The molecule has 1 unspecified atom stereocenters. The van der Waals surface area contributed by atoms with Crippen LogP contribution in [0.2, 0.25) is 0 Å². The molecule has 0 heterocycles. The molecule has 0 spiro atoms. The van der Waals surface area contributed by atoms with Gasteiger partial charge in [-0.05, 0) is 22.8 Å². The van der Waals surface area contributed by atoms with Crippen molar-refractivity contribution in [3.63, 3.8) is 0 Å². The van der Waals surface area contributed by atoms with Crippen LogP contribution in [0.5, 0.6) is 0 Å². The molecule has 0 saturated heterocycles. The second kappa shape index (κ2) is 4.53. The molecule has 0 bridgehead atoms. The maximum Gasteiger partial charge on any atom is 0.0180 e. The molecule has 0 aromatic heterocycles. The average Bonchev–Trinajstić information content (AvgIpc) is 2.16. The van der Waals surface area contributed by atoms with Crippen molar-refractivity contribution < 1.29 is 0 Å². The van der Waals surface area contributed by atoms with E-state index in [9.17, 15) is 0 Å². The maximum absolute atomic E-state index is 5.62. The molecule has 0 saturated carbocycles. The van der Waals surface area contributed by atoms with Crippen LogP contribution in [-0.4, -0.2) is 5.75 Å². The van der Waals surface area contributed by atoms with Crippen LogP contribution >= 0.6 is 12.6 Å². The van der Waals surface area contributed by atoms with E-state index in [1.165, 1.54) is 11.1 Å². The van der Waals surface area contributed by atoms with Crippen LogP contribution in [0.1, 0.15) is 24.0 Å². The largest absolute Gasteiger partial charge is 0.326 e. The van der Waals surface area contributed by atoms with Gasteiger partial charge in [0.05, 0.1) is 0 Å². The van der Waals surface area contributed by atoms with Crippen LogP contribution in [0.25, 0.3) is 0 Å². The van der Waals surface area contributed by atoms with Crippen LogP contribution in [0.4, 0.5) is 0 Å². The monoisotopic (exact) mass is 181 g/mol. The van der Waals surface area contributed by atoms with Gasteiger partial charge in [-0.25, -0.2) is 0 Å². The number of hydrogen-bond donors (Lipinski definition) is 2. The van der Waals surface area contributed by atoms with E-state index >= 15 is 0 Å². The summed E-state index contributed by atoms with van der Waals surface area (Å²) in [5.74, 6) is 1.37. The molecule has 0 aliphatic rings. The van der Waals surface area contributed by atoms with E-state index in [-0.39, 0.29) is 0 Å². The van der Waals surface area contributed by atoms with Gasteiger partial charge in [-0.2, -0.15) is 12.6 Å². The minimum atomic E-state index is 0.494. The fourth-order valence-corrected chi connectivity index (χ4v) is 1.50. The highest BCUT2D eigenvalue weighted by molar-refractivity contribution is 7.80. The Morgan fingerprint density at radius 1 is 1.42 bits per heavy atom. The average molecular weight is 181 g/mol. The molecule has 66 valence electrons. The highest BCUT2D eigenvalue weighted by atomic mass is 32.1. The van der Waals surface area contributed by atoms with Crippen LogP contribution in [-0.2, 0) is 6.54 Å². The predicted octanol–water partition coefficient (Wildman–Crippen LogP) is 2.18. The zero-order chi connectivity index (χ0) is 8.97. The number of benzene rings is 1. The van der Waals surface area contributed by atoms with Gasteiger partial charge in [0.25, 0.3) is 0 Å². The Morgan fingerprint density at radius 3 is 2.67 bits per heavy atom. The van der Waals surface area contributed by atoms with Gasteiger partial charge in [0.2, 0.25) is 0 Å². The van der Waals surface area contributed by atoms with Crippen molar-refractivity contribution >= 4 is 12.6 Å². The third-order valence-corrected chi connectivity index (χ3v) is 2.63. The summed E-state index contributed by atoms with van der Waals surface area (Å²) in [5.41, 5.74) is 8.18. The van der Waals surface area contributed by atoms with Crippen molar-refractivity contribution in [2.45, 2.75) is 19.4 Å². The van der Waals surface area contributed by atoms with Crippen LogP contribution < -0.4 is 5.73 Å². The summed E-state index contributed by atoms with van der Waals surface area (Å²) in [6, 6.07) is 8.28. The standard InChI is InChI=1S/C10H15NS/c1-8(7-12)10-5-3-2-4-9(10)6-11/h2-5,8,12H,6-7,11H2,1H3. The minimum absolute atomic E-state index is 0.494. The molecule has 2 N–H and O–H groups in total. The van der Waals surface area contributed by atoms with E-state index in [2.05, 4.69) is 37.8 Å². The van der Waals surface area contributed by atoms with Crippen molar-refractivity contribution in [2.24, 2.45) is 5.73 Å². The summed E-state index contributed by atoms with van der Waals surface area (Å²) in [6.07, 6.45) is 0. The van der Waals surface area contributed by atoms with E-state index in [1.807, 2.05) is 6.07 Å². The smallest absolute Gasteiger partial charge is 0.0180 e. The highest BCUT2D eigenvalue weighted by Crippen LogP contribution is 2.20. The molecular formula is C10H15NS. The molecule has 1 aromatic rings. The van der Waals surface area contributed by atoms with Crippen LogP contribution in [0, 0.1) is 0 Å². The lowest BCUT2D eigenvalue weighted by Gasteiger charge is -2.12. The van der Waals surface area contributed by atoms with Crippen LogP contribution in [0.3, 0.4) is 0 Å². The van der Waals surface area contributed by atoms with E-state index in [0.717, 1.165) is 5.75 Å². The van der Waals surface area contributed by atoms with Crippen molar-refractivity contribution in [3.05, 3.63) is 35.4 Å². The van der Waals surface area contributed by atoms with E-state index in [1.54, 1.807) is 0 Å². The normalized spacial score (nSPS) is 12.9. The lowest BCUT2D eigenvalue weighted by Crippen LogP contribution is -2.04. The van der Waals surface area contributed by atoms with Crippen LogP contribution in [0.15, 0.2) is 24.3 Å². The summed E-state index contributed by atoms with van der Waals surface area (Å²) in [7, 11) is 0. The summed E-state index contributed by atoms with van der Waals surface area (Å²) in [4.78, 5) is 0. The van der Waals surface area contributed by atoms with Gasteiger partial charge in [-0.3, -0.25) is 0 Å². The van der Waals surface area contributed by atoms with Gasteiger partial charge in [0.1, 0.15) is 0 Å². The van der Waals surface area contributed by atoms with Gasteiger partial charge in [-0.1, -0.05) is 31.2 Å². The Labute approximate surface area is 79.4 Å². The van der Waals surface area contributed by atoms with E-state index in [4.69, 9.17) is 5.73 Å². The first-order chi connectivity index (χ1) is 5.79. The lowest BCUT2D eigenvalue weighted by atomic mass is 9.97. The molecular weight excluding hydrogens is 166 g/mol. The third-order valence-electron chi connectivity index (χ3n) is 2.08. The van der Waals surface area contributed by atoms with Gasteiger partial charge in [0, 0.05) is 6.54 Å². The molecule has 2 heteroatoms. The molecule has 1 aromatic carbocycles. The summed E-state index contributed by atoms with van der Waals surface area (Å²) < 4.78 is 0. The molecule has 12 heavy (non-hydrogen) atoms. The molecule has 0 radical (unpaired) electrons. The first-order valence-corrected chi connectivity index (χ1v) is 4.81. The van der Waals surface area contributed by atoms with Gasteiger partial charge >= 0.3 is 0 Å². The fraction of sp³-hybridized carbons (Fsp3) is 0.400. The first-order valence-electron chi connectivity index (χ1n) is 4.18. The Balaban J connectivity index is 2.96. The van der Waals surface area contributed by atoms with Gasteiger partial charge < -0.3 is 5.73 Å². The number of nitrogens with two attached hydrogens (primary N) is 1. The number of rotatable bonds is 3. The van der Waals surface area contributed by atoms with Crippen molar-refractivity contribution in [2.75, 3.05) is 5.75 Å². The lowest BCUT2D eigenvalue weighted by molar-refractivity contribution is 0.854. The second-order valence-corrected chi connectivity index (χ2v) is 3.35. The van der Waals surface area contributed by atoms with Gasteiger partial charge in [-0.15, -0.1) is 0 Å². The number of hydrogen-bond acceptors (Lipinski definition) is 2. The summed E-state index contributed by atoms with van der Waals surface area (Å²) in [5, 5.41) is 0. The molecule has 0 fully saturated rings. The minimum Gasteiger partial charge on any atom is -0.326 e. The fourth-order valence-electron chi connectivity index (χ4n) is 1.30. The summed E-state index contributed by atoms with van der Waals surface area (Å²) in [6.45, 7) is 2.79. The summed E-state index contributed by atoms with van der Waals surface area (Å²) >= 11 is 4.27. The zero-order valence-electron chi connectivity index (χ0n) is 7.33. The number of thiol groups is 1. The molecule has 0 aliphatic heterocycles. The quantitative estimate of drug-likeness (QED) is 0.687. The van der Waals surface area contributed by atoms with Crippen molar-refractivity contribution in [3.8, 4) is 0 Å².